The number of aliphatic hydroxyl groups is 1. The molecule has 2 rings (SSSR count). The standard InChI is InChI=1S/C17H24N2O2S/c1-12-15(21-11-14(20)10-18-17(2,3)4)19-16(22-12)13-8-6-5-7-9-13/h5-9,14,18,20H,10-11H2,1-4H3. The summed E-state index contributed by atoms with van der Waals surface area (Å²) in [5, 5.41) is 14.2. The summed E-state index contributed by atoms with van der Waals surface area (Å²) >= 11 is 1.60. The molecule has 2 aromatic rings. The lowest BCUT2D eigenvalue weighted by molar-refractivity contribution is 0.0978. The lowest BCUT2D eigenvalue weighted by atomic mass is 10.1. The lowest BCUT2D eigenvalue weighted by Crippen LogP contribution is -2.42. The number of aromatic nitrogens is 1. The third-order valence-electron chi connectivity index (χ3n) is 3.06. The molecule has 0 bridgehead atoms. The van der Waals surface area contributed by atoms with Gasteiger partial charge in [-0.15, -0.1) is 11.3 Å². The van der Waals surface area contributed by atoms with Crippen molar-refractivity contribution >= 4 is 11.3 Å². The average molecular weight is 320 g/mol. The number of hydrogen-bond acceptors (Lipinski definition) is 5. The Kier molecular flexibility index (Phi) is 5.56. The van der Waals surface area contributed by atoms with E-state index in [1.807, 2.05) is 37.3 Å². The number of β-amino-alcohol motifs (C(OH)–C–C–N with tert-alkyl or cyclic N) is 1. The topological polar surface area (TPSA) is 54.4 Å². The van der Waals surface area contributed by atoms with Crippen LogP contribution in [0.15, 0.2) is 30.3 Å². The summed E-state index contributed by atoms with van der Waals surface area (Å²) in [7, 11) is 0. The predicted molar refractivity (Wildman–Crippen MR) is 91.5 cm³/mol. The summed E-state index contributed by atoms with van der Waals surface area (Å²) in [6, 6.07) is 10.0. The van der Waals surface area contributed by atoms with E-state index in [1.165, 1.54) is 0 Å². The van der Waals surface area contributed by atoms with Crippen LogP contribution in [0.1, 0.15) is 25.6 Å². The van der Waals surface area contributed by atoms with Crippen molar-refractivity contribution in [1.82, 2.24) is 10.3 Å². The van der Waals surface area contributed by atoms with Crippen LogP contribution >= 0.6 is 11.3 Å². The van der Waals surface area contributed by atoms with Gasteiger partial charge in [0.1, 0.15) is 17.7 Å². The van der Waals surface area contributed by atoms with Gasteiger partial charge in [-0.3, -0.25) is 0 Å². The van der Waals surface area contributed by atoms with Crippen LogP contribution in [-0.2, 0) is 0 Å². The molecule has 0 aliphatic carbocycles. The van der Waals surface area contributed by atoms with Crippen LogP contribution in [0.5, 0.6) is 5.88 Å². The third kappa shape index (κ3) is 5.09. The molecule has 0 saturated carbocycles. The molecule has 2 N–H and O–H groups in total. The summed E-state index contributed by atoms with van der Waals surface area (Å²) in [6.07, 6.45) is -0.555. The molecule has 0 fully saturated rings. The highest BCUT2D eigenvalue weighted by Gasteiger charge is 2.15. The molecule has 0 radical (unpaired) electrons. The monoisotopic (exact) mass is 320 g/mol. The first kappa shape index (κ1) is 16.9. The molecule has 4 nitrogen and oxygen atoms in total. The third-order valence-corrected chi connectivity index (χ3v) is 4.06. The van der Waals surface area contributed by atoms with Crippen molar-refractivity contribution in [3.05, 3.63) is 35.2 Å². The molecule has 5 heteroatoms. The van der Waals surface area contributed by atoms with Crippen molar-refractivity contribution in [2.45, 2.75) is 39.3 Å². The smallest absolute Gasteiger partial charge is 0.228 e. The first-order valence-corrected chi connectivity index (χ1v) is 8.25. The van der Waals surface area contributed by atoms with E-state index >= 15 is 0 Å². The second-order valence-electron chi connectivity index (χ2n) is 6.34. The molecule has 1 aromatic heterocycles. The van der Waals surface area contributed by atoms with Crippen molar-refractivity contribution < 1.29 is 9.84 Å². The van der Waals surface area contributed by atoms with Crippen molar-refractivity contribution in [3.63, 3.8) is 0 Å². The Morgan fingerprint density at radius 2 is 1.95 bits per heavy atom. The summed E-state index contributed by atoms with van der Waals surface area (Å²) in [5.74, 6) is 0.610. The second-order valence-corrected chi connectivity index (χ2v) is 7.55. The number of aliphatic hydroxyl groups excluding tert-OH is 1. The number of thiazole rings is 1. The highest BCUT2D eigenvalue weighted by atomic mass is 32.1. The molecule has 0 aliphatic rings. The van der Waals surface area contributed by atoms with E-state index in [9.17, 15) is 5.11 Å². The zero-order chi connectivity index (χ0) is 16.2. The van der Waals surface area contributed by atoms with E-state index in [0.717, 1.165) is 15.4 Å². The Morgan fingerprint density at radius 1 is 1.27 bits per heavy atom. The van der Waals surface area contributed by atoms with Crippen LogP contribution < -0.4 is 10.1 Å². The summed E-state index contributed by atoms with van der Waals surface area (Å²) in [5.41, 5.74) is 1.07. The van der Waals surface area contributed by atoms with Gasteiger partial charge in [0.25, 0.3) is 0 Å². The fourth-order valence-electron chi connectivity index (χ4n) is 1.88. The number of aryl methyl sites for hydroxylation is 1. The van der Waals surface area contributed by atoms with E-state index in [4.69, 9.17) is 4.74 Å². The fourth-order valence-corrected chi connectivity index (χ4v) is 2.74. The molecule has 0 saturated heterocycles. The largest absolute Gasteiger partial charge is 0.474 e. The van der Waals surface area contributed by atoms with Gasteiger partial charge >= 0.3 is 0 Å². The molecular weight excluding hydrogens is 296 g/mol. The first-order valence-electron chi connectivity index (χ1n) is 7.44. The minimum absolute atomic E-state index is 0.0159. The molecule has 1 aromatic carbocycles. The van der Waals surface area contributed by atoms with Gasteiger partial charge in [0.05, 0.1) is 4.88 Å². The molecule has 1 heterocycles. The highest BCUT2D eigenvalue weighted by Crippen LogP contribution is 2.31. The minimum atomic E-state index is -0.555. The van der Waals surface area contributed by atoms with Crippen LogP contribution in [0.3, 0.4) is 0 Å². The Balaban J connectivity index is 1.92. The molecule has 120 valence electrons. The van der Waals surface area contributed by atoms with E-state index < -0.39 is 6.10 Å². The van der Waals surface area contributed by atoms with Gasteiger partial charge in [-0.2, -0.15) is 0 Å². The molecule has 1 unspecified atom stereocenters. The van der Waals surface area contributed by atoms with Gasteiger partial charge < -0.3 is 15.2 Å². The number of benzene rings is 1. The van der Waals surface area contributed by atoms with Crippen molar-refractivity contribution in [3.8, 4) is 16.5 Å². The maximum Gasteiger partial charge on any atom is 0.228 e. The zero-order valence-electron chi connectivity index (χ0n) is 13.6. The SMILES string of the molecule is Cc1sc(-c2ccccc2)nc1OCC(O)CNC(C)(C)C. The molecule has 0 amide bonds. The Labute approximate surface area is 136 Å². The number of nitrogens with zero attached hydrogens (tertiary/aromatic N) is 1. The van der Waals surface area contributed by atoms with Crippen molar-refractivity contribution in [1.29, 1.82) is 0 Å². The molecule has 1 atom stereocenters. The summed E-state index contributed by atoms with van der Waals surface area (Å²) in [6.45, 7) is 8.92. The predicted octanol–water partition coefficient (Wildman–Crippen LogP) is 3.25. The highest BCUT2D eigenvalue weighted by molar-refractivity contribution is 7.15. The van der Waals surface area contributed by atoms with Gasteiger partial charge in [-0.05, 0) is 27.7 Å². The average Bonchev–Trinajstić information content (AvgIpc) is 2.84. The van der Waals surface area contributed by atoms with E-state index in [-0.39, 0.29) is 12.1 Å². The Hall–Kier alpha value is -1.43. The summed E-state index contributed by atoms with van der Waals surface area (Å²) in [4.78, 5) is 5.55. The van der Waals surface area contributed by atoms with Crippen LogP contribution in [0.4, 0.5) is 0 Å². The van der Waals surface area contributed by atoms with Crippen molar-refractivity contribution in [2.24, 2.45) is 0 Å². The van der Waals surface area contributed by atoms with Gasteiger partial charge in [0.2, 0.25) is 5.88 Å². The summed E-state index contributed by atoms with van der Waals surface area (Å²) < 4.78 is 5.68. The van der Waals surface area contributed by atoms with Gasteiger partial charge in [0, 0.05) is 17.6 Å². The van der Waals surface area contributed by atoms with E-state index in [2.05, 4.69) is 31.1 Å². The minimum Gasteiger partial charge on any atom is -0.474 e. The van der Waals surface area contributed by atoms with Crippen molar-refractivity contribution in [2.75, 3.05) is 13.2 Å². The molecule has 22 heavy (non-hydrogen) atoms. The van der Waals surface area contributed by atoms with Crippen LogP contribution in [0.25, 0.3) is 10.6 Å². The maximum atomic E-state index is 9.98. The zero-order valence-corrected chi connectivity index (χ0v) is 14.4. The molecule has 0 aliphatic heterocycles. The number of hydrogen-bond donors (Lipinski definition) is 2. The second kappa shape index (κ2) is 7.22. The van der Waals surface area contributed by atoms with E-state index in [0.29, 0.717) is 12.4 Å². The van der Waals surface area contributed by atoms with Crippen LogP contribution in [0.2, 0.25) is 0 Å². The Morgan fingerprint density at radius 3 is 2.59 bits per heavy atom. The lowest BCUT2D eigenvalue weighted by Gasteiger charge is -2.22. The molecular formula is C17H24N2O2S. The van der Waals surface area contributed by atoms with Gasteiger partial charge in [-0.25, -0.2) is 4.98 Å². The Bertz CT molecular complexity index is 590. The number of rotatable bonds is 6. The first-order chi connectivity index (χ1) is 10.3. The number of ether oxygens (including phenoxy) is 1. The molecule has 0 spiro atoms. The number of nitrogens with one attached hydrogen (secondary N) is 1. The quantitative estimate of drug-likeness (QED) is 0.858. The van der Waals surface area contributed by atoms with Crippen LogP contribution in [-0.4, -0.2) is 34.9 Å². The maximum absolute atomic E-state index is 9.98. The van der Waals surface area contributed by atoms with Gasteiger partial charge in [0.15, 0.2) is 0 Å². The van der Waals surface area contributed by atoms with Gasteiger partial charge in [-0.1, -0.05) is 30.3 Å². The van der Waals surface area contributed by atoms with Crippen LogP contribution in [0, 0.1) is 6.92 Å². The van der Waals surface area contributed by atoms with E-state index in [1.54, 1.807) is 11.3 Å². The normalized spacial score (nSPS) is 13.1. The fraction of sp³-hybridized carbons (Fsp3) is 0.471.